The molecule has 0 radical (unpaired) electrons. The molecule has 4 heteroatoms. The molecular weight excluding hydrogens is 312 g/mol. The van der Waals surface area contributed by atoms with Crippen LogP contribution in [-0.4, -0.2) is 18.4 Å². The van der Waals surface area contributed by atoms with E-state index in [0.29, 0.717) is 5.92 Å². The van der Waals surface area contributed by atoms with Crippen LogP contribution in [0.4, 0.5) is 5.69 Å². The fourth-order valence-corrected chi connectivity index (χ4v) is 3.69. The van der Waals surface area contributed by atoms with Crippen LogP contribution in [0.2, 0.25) is 0 Å². The Kier molecular flexibility index (Phi) is 5.45. The smallest absolute Gasteiger partial charge is 0.230 e. The van der Waals surface area contributed by atoms with Gasteiger partial charge in [-0.1, -0.05) is 45.2 Å². The van der Waals surface area contributed by atoms with Crippen LogP contribution in [-0.2, 0) is 15.0 Å². The Labute approximate surface area is 150 Å². The topological polar surface area (TPSA) is 58.2 Å². The van der Waals surface area contributed by atoms with Crippen LogP contribution in [0.1, 0.15) is 64.4 Å². The van der Waals surface area contributed by atoms with E-state index in [0.717, 1.165) is 43.5 Å². The van der Waals surface area contributed by atoms with Crippen molar-refractivity contribution < 1.29 is 9.59 Å². The lowest BCUT2D eigenvalue weighted by molar-refractivity contribution is -0.128. The standard InChI is InChI=1S/C21H30N2O2/c1-15(2)19(24)23-18-10-8-17(9-11-18)21(12-4-3-5-13-21)20(25)22-14-16-6-7-16/h8-11,15-16H,3-7,12-14H2,1-2H3,(H,22,25)(H,23,24). The van der Waals surface area contributed by atoms with E-state index in [1.54, 1.807) is 0 Å². The molecule has 1 aromatic rings. The number of nitrogens with one attached hydrogen (secondary N) is 2. The fraction of sp³-hybridized carbons (Fsp3) is 0.619. The zero-order valence-electron chi connectivity index (χ0n) is 15.4. The molecule has 0 aliphatic heterocycles. The summed E-state index contributed by atoms with van der Waals surface area (Å²) < 4.78 is 0. The summed E-state index contributed by atoms with van der Waals surface area (Å²) in [6, 6.07) is 7.91. The summed E-state index contributed by atoms with van der Waals surface area (Å²) in [7, 11) is 0. The largest absolute Gasteiger partial charge is 0.355 e. The second kappa shape index (κ2) is 7.59. The molecule has 0 heterocycles. The molecule has 2 aliphatic carbocycles. The van der Waals surface area contributed by atoms with Crippen LogP contribution in [0.25, 0.3) is 0 Å². The highest BCUT2D eigenvalue weighted by molar-refractivity contribution is 5.92. The number of carbonyl (C=O) groups excluding carboxylic acids is 2. The molecule has 1 aromatic carbocycles. The third-order valence-electron chi connectivity index (χ3n) is 5.62. The van der Waals surface area contributed by atoms with E-state index in [4.69, 9.17) is 0 Å². The lowest BCUT2D eigenvalue weighted by Gasteiger charge is -2.36. The van der Waals surface area contributed by atoms with Crippen molar-refractivity contribution in [2.24, 2.45) is 11.8 Å². The zero-order valence-corrected chi connectivity index (χ0v) is 15.4. The molecule has 2 amide bonds. The van der Waals surface area contributed by atoms with Crippen LogP contribution in [0, 0.1) is 11.8 Å². The number of anilines is 1. The van der Waals surface area contributed by atoms with E-state index in [1.807, 2.05) is 38.1 Å². The zero-order chi connectivity index (χ0) is 17.9. The summed E-state index contributed by atoms with van der Waals surface area (Å²) in [5.41, 5.74) is 1.49. The first-order chi connectivity index (χ1) is 12.0. The van der Waals surface area contributed by atoms with Gasteiger partial charge >= 0.3 is 0 Å². The highest BCUT2D eigenvalue weighted by Gasteiger charge is 2.41. The quantitative estimate of drug-likeness (QED) is 0.820. The van der Waals surface area contributed by atoms with Crippen molar-refractivity contribution in [1.29, 1.82) is 0 Å². The predicted molar refractivity (Wildman–Crippen MR) is 100 cm³/mol. The van der Waals surface area contributed by atoms with Crippen LogP contribution >= 0.6 is 0 Å². The van der Waals surface area contributed by atoms with Gasteiger partial charge in [0.05, 0.1) is 5.41 Å². The summed E-state index contributed by atoms with van der Waals surface area (Å²) >= 11 is 0. The average Bonchev–Trinajstić information content (AvgIpc) is 3.45. The highest BCUT2D eigenvalue weighted by Crippen LogP contribution is 2.40. The Morgan fingerprint density at radius 3 is 2.28 bits per heavy atom. The number of amides is 2. The van der Waals surface area contributed by atoms with Gasteiger partial charge in [-0.15, -0.1) is 0 Å². The van der Waals surface area contributed by atoms with Crippen LogP contribution in [0.5, 0.6) is 0 Å². The molecule has 4 nitrogen and oxygen atoms in total. The predicted octanol–water partition coefficient (Wildman–Crippen LogP) is 4.01. The van der Waals surface area contributed by atoms with Gasteiger partial charge in [0, 0.05) is 18.2 Å². The normalized spacial score (nSPS) is 19.5. The van der Waals surface area contributed by atoms with E-state index in [9.17, 15) is 9.59 Å². The molecule has 136 valence electrons. The van der Waals surface area contributed by atoms with Gasteiger partial charge in [-0.3, -0.25) is 9.59 Å². The number of hydrogen-bond acceptors (Lipinski definition) is 2. The molecule has 0 spiro atoms. The molecular formula is C21H30N2O2. The Morgan fingerprint density at radius 2 is 1.72 bits per heavy atom. The van der Waals surface area contributed by atoms with Crippen molar-refractivity contribution in [1.82, 2.24) is 5.32 Å². The number of carbonyl (C=O) groups is 2. The van der Waals surface area contributed by atoms with Crippen LogP contribution in [0.3, 0.4) is 0 Å². The van der Waals surface area contributed by atoms with Crippen LogP contribution in [0.15, 0.2) is 24.3 Å². The Hall–Kier alpha value is -1.84. The average molecular weight is 342 g/mol. The van der Waals surface area contributed by atoms with Gasteiger partial charge in [0.2, 0.25) is 11.8 Å². The molecule has 0 saturated heterocycles. The molecule has 2 aliphatic rings. The van der Waals surface area contributed by atoms with E-state index in [-0.39, 0.29) is 17.7 Å². The minimum atomic E-state index is -0.395. The maximum Gasteiger partial charge on any atom is 0.230 e. The van der Waals surface area contributed by atoms with Gasteiger partial charge in [-0.25, -0.2) is 0 Å². The fourth-order valence-electron chi connectivity index (χ4n) is 3.69. The summed E-state index contributed by atoms with van der Waals surface area (Å²) in [6.45, 7) is 4.58. The minimum Gasteiger partial charge on any atom is -0.355 e. The van der Waals surface area contributed by atoms with Crippen molar-refractivity contribution in [2.45, 2.75) is 64.2 Å². The van der Waals surface area contributed by atoms with Crippen molar-refractivity contribution in [3.05, 3.63) is 29.8 Å². The number of rotatable bonds is 6. The summed E-state index contributed by atoms with van der Waals surface area (Å²) in [6.07, 6.45) is 7.74. The summed E-state index contributed by atoms with van der Waals surface area (Å²) in [4.78, 5) is 24.9. The third kappa shape index (κ3) is 4.23. The minimum absolute atomic E-state index is 0.0160. The van der Waals surface area contributed by atoms with E-state index < -0.39 is 5.41 Å². The highest BCUT2D eigenvalue weighted by atomic mass is 16.2. The second-order valence-corrected chi connectivity index (χ2v) is 8.02. The SMILES string of the molecule is CC(C)C(=O)Nc1ccc(C2(C(=O)NCC3CC3)CCCCC2)cc1. The maximum atomic E-state index is 13.0. The van der Waals surface area contributed by atoms with Crippen molar-refractivity contribution >= 4 is 17.5 Å². The second-order valence-electron chi connectivity index (χ2n) is 8.02. The first-order valence-electron chi connectivity index (χ1n) is 9.71. The number of hydrogen-bond donors (Lipinski definition) is 2. The molecule has 2 saturated carbocycles. The van der Waals surface area contributed by atoms with Crippen molar-refractivity contribution in [2.75, 3.05) is 11.9 Å². The Balaban J connectivity index is 1.75. The monoisotopic (exact) mass is 342 g/mol. The lowest BCUT2D eigenvalue weighted by Crippen LogP contribution is -2.46. The summed E-state index contributed by atoms with van der Waals surface area (Å²) in [5, 5.41) is 6.13. The maximum absolute atomic E-state index is 13.0. The van der Waals surface area contributed by atoms with Gasteiger partial charge in [0.25, 0.3) is 0 Å². The summed E-state index contributed by atoms with van der Waals surface area (Å²) in [5.74, 6) is 0.858. The molecule has 2 fully saturated rings. The molecule has 3 rings (SSSR count). The van der Waals surface area contributed by atoms with Gasteiger partial charge in [-0.2, -0.15) is 0 Å². The van der Waals surface area contributed by atoms with Crippen molar-refractivity contribution in [3.63, 3.8) is 0 Å². The molecule has 2 N–H and O–H groups in total. The Bertz CT molecular complexity index is 611. The van der Waals surface area contributed by atoms with Gasteiger partial charge < -0.3 is 10.6 Å². The van der Waals surface area contributed by atoms with Crippen LogP contribution < -0.4 is 10.6 Å². The molecule has 25 heavy (non-hydrogen) atoms. The molecule has 0 atom stereocenters. The van der Waals surface area contributed by atoms with E-state index >= 15 is 0 Å². The van der Waals surface area contributed by atoms with Gasteiger partial charge in [0.1, 0.15) is 0 Å². The van der Waals surface area contributed by atoms with E-state index in [2.05, 4.69) is 10.6 Å². The first kappa shape index (κ1) is 18.0. The number of benzene rings is 1. The Morgan fingerprint density at radius 1 is 1.08 bits per heavy atom. The van der Waals surface area contributed by atoms with Gasteiger partial charge in [-0.05, 0) is 49.3 Å². The molecule has 0 unspecified atom stereocenters. The molecule has 0 bridgehead atoms. The lowest BCUT2D eigenvalue weighted by atomic mass is 9.68. The van der Waals surface area contributed by atoms with Crippen molar-refractivity contribution in [3.8, 4) is 0 Å². The molecule has 0 aromatic heterocycles. The third-order valence-corrected chi connectivity index (χ3v) is 5.62. The first-order valence-corrected chi connectivity index (χ1v) is 9.71. The van der Waals surface area contributed by atoms with E-state index in [1.165, 1.54) is 19.3 Å². The van der Waals surface area contributed by atoms with Gasteiger partial charge in [0.15, 0.2) is 0 Å².